The molecule has 2 heterocycles. The molecule has 0 unspecified atom stereocenters. The molecule has 0 saturated carbocycles. The molecule has 174 valence electrons. The van der Waals surface area contributed by atoms with Crippen LogP contribution in [0.4, 0.5) is 5.13 Å². The molecule has 4 rings (SSSR count). The van der Waals surface area contributed by atoms with Crippen molar-refractivity contribution in [3.63, 3.8) is 0 Å². The van der Waals surface area contributed by atoms with E-state index in [-0.39, 0.29) is 11.5 Å². The first-order valence-corrected chi connectivity index (χ1v) is 12.3. The molecule has 1 amide bonds. The fourth-order valence-electron chi connectivity index (χ4n) is 3.36. The van der Waals surface area contributed by atoms with Crippen LogP contribution in [-0.4, -0.2) is 33.5 Å². The summed E-state index contributed by atoms with van der Waals surface area (Å²) < 4.78 is 6.47. The van der Waals surface area contributed by atoms with Crippen LogP contribution >= 0.6 is 23.1 Å². The number of carbonyl (C=O) groups excluding carboxylic acids is 2. The Morgan fingerprint density at radius 1 is 1.15 bits per heavy atom. The van der Waals surface area contributed by atoms with E-state index in [2.05, 4.69) is 10.3 Å². The van der Waals surface area contributed by atoms with Gasteiger partial charge in [0.15, 0.2) is 10.3 Å². The Kier molecular flexibility index (Phi) is 7.39. The number of carbonyl (C=O) groups is 2. The molecule has 0 bridgehead atoms. The number of fused-ring (bicyclic) bond motifs is 1. The smallest absolute Gasteiger partial charge is 0.337 e. The summed E-state index contributed by atoms with van der Waals surface area (Å²) in [4.78, 5) is 45.8. The van der Waals surface area contributed by atoms with E-state index >= 15 is 0 Å². The second-order valence-electron chi connectivity index (χ2n) is 7.42. The highest BCUT2D eigenvalue weighted by atomic mass is 32.2. The van der Waals surface area contributed by atoms with E-state index in [1.165, 1.54) is 37.1 Å². The van der Waals surface area contributed by atoms with Gasteiger partial charge < -0.3 is 10.1 Å². The number of ether oxygens (including phenoxy) is 1. The zero-order chi connectivity index (χ0) is 24.1. The molecule has 0 radical (unpaired) electrons. The Balaban J connectivity index is 1.67. The molecule has 0 fully saturated rings. The first-order chi connectivity index (χ1) is 16.4. The fraction of sp³-hybridized carbons (Fsp3) is 0.208. The number of hydrogen-bond acceptors (Lipinski definition) is 8. The summed E-state index contributed by atoms with van der Waals surface area (Å²) in [6.45, 7) is 1.89. The number of thioether (sulfide) groups is 1. The zero-order valence-corrected chi connectivity index (χ0v) is 20.2. The maximum atomic E-state index is 13.4. The number of anilines is 1. The summed E-state index contributed by atoms with van der Waals surface area (Å²) in [5.74, 6) is -0.198. The van der Waals surface area contributed by atoms with E-state index in [9.17, 15) is 14.4 Å². The predicted octanol–water partition coefficient (Wildman–Crippen LogP) is 4.13. The summed E-state index contributed by atoms with van der Waals surface area (Å²) in [5, 5.41) is 6.03. The Morgan fingerprint density at radius 2 is 1.94 bits per heavy atom. The molecular weight excluding hydrogens is 472 g/mol. The van der Waals surface area contributed by atoms with Gasteiger partial charge in [0.25, 0.3) is 5.56 Å². The molecule has 8 nitrogen and oxygen atoms in total. The molecule has 0 spiro atoms. The van der Waals surface area contributed by atoms with Crippen molar-refractivity contribution < 1.29 is 14.3 Å². The van der Waals surface area contributed by atoms with Crippen LogP contribution in [-0.2, 0) is 28.2 Å². The summed E-state index contributed by atoms with van der Waals surface area (Å²) in [7, 11) is 1.31. The molecule has 2 aromatic carbocycles. The van der Waals surface area contributed by atoms with Crippen LogP contribution in [0.5, 0.6) is 0 Å². The maximum absolute atomic E-state index is 13.4. The third-order valence-corrected chi connectivity index (χ3v) is 6.81. The van der Waals surface area contributed by atoms with Gasteiger partial charge in [-0.15, -0.1) is 11.3 Å². The number of hydrogen-bond donors (Lipinski definition) is 1. The minimum atomic E-state index is -0.487. The molecule has 4 aromatic rings. The molecule has 0 atom stereocenters. The van der Waals surface area contributed by atoms with Crippen molar-refractivity contribution in [3.8, 4) is 0 Å². The highest BCUT2D eigenvalue weighted by Crippen LogP contribution is 2.25. The standard InChI is InChI=1S/C24H22N4O4S2/c1-15(29)25-23-26-18(13-33-23)14-34-24-27-20-12-17(22(31)32-2)8-9-19(20)21(30)28(24)11-10-16-6-4-3-5-7-16/h3-9,12-13H,10-11,14H2,1-2H3,(H,25,26,29). The van der Waals surface area contributed by atoms with Gasteiger partial charge in [-0.3, -0.25) is 14.2 Å². The van der Waals surface area contributed by atoms with E-state index in [1.807, 2.05) is 35.7 Å². The highest BCUT2D eigenvalue weighted by Gasteiger charge is 2.15. The minimum Gasteiger partial charge on any atom is -0.465 e. The lowest BCUT2D eigenvalue weighted by Crippen LogP contribution is -2.24. The van der Waals surface area contributed by atoms with Gasteiger partial charge in [-0.1, -0.05) is 42.1 Å². The molecule has 0 aliphatic heterocycles. The van der Waals surface area contributed by atoms with Crippen molar-refractivity contribution in [1.82, 2.24) is 14.5 Å². The van der Waals surface area contributed by atoms with Gasteiger partial charge in [-0.2, -0.15) is 0 Å². The van der Waals surface area contributed by atoms with E-state index < -0.39 is 5.97 Å². The van der Waals surface area contributed by atoms with E-state index in [4.69, 9.17) is 9.72 Å². The molecule has 10 heteroatoms. The number of aromatic nitrogens is 3. The molecule has 0 saturated heterocycles. The Morgan fingerprint density at radius 3 is 2.68 bits per heavy atom. The molecule has 0 aliphatic rings. The van der Waals surface area contributed by atoms with Crippen LogP contribution in [0, 0.1) is 0 Å². The summed E-state index contributed by atoms with van der Waals surface area (Å²) in [6.07, 6.45) is 0.672. The Bertz CT molecular complexity index is 1400. The first-order valence-electron chi connectivity index (χ1n) is 10.5. The van der Waals surface area contributed by atoms with Gasteiger partial charge in [0, 0.05) is 24.6 Å². The van der Waals surface area contributed by atoms with Crippen LogP contribution in [0.25, 0.3) is 10.9 Å². The summed E-state index contributed by atoms with van der Waals surface area (Å²) in [6, 6.07) is 14.7. The summed E-state index contributed by atoms with van der Waals surface area (Å²) >= 11 is 2.73. The van der Waals surface area contributed by atoms with Crippen LogP contribution < -0.4 is 10.9 Å². The van der Waals surface area contributed by atoms with Gasteiger partial charge in [0.2, 0.25) is 5.91 Å². The lowest BCUT2D eigenvalue weighted by molar-refractivity contribution is -0.114. The number of benzene rings is 2. The normalized spacial score (nSPS) is 10.9. The lowest BCUT2D eigenvalue weighted by atomic mass is 10.1. The zero-order valence-electron chi connectivity index (χ0n) is 18.6. The van der Waals surface area contributed by atoms with Crippen molar-refractivity contribution >= 4 is 51.0 Å². The first kappa shape index (κ1) is 23.7. The van der Waals surface area contributed by atoms with Gasteiger partial charge in [-0.25, -0.2) is 14.8 Å². The van der Waals surface area contributed by atoms with Gasteiger partial charge in [-0.05, 0) is 30.2 Å². The Hall–Kier alpha value is -3.50. The molecule has 0 aliphatic carbocycles. The molecule has 1 N–H and O–H groups in total. The number of aryl methyl sites for hydroxylation is 1. The molecular formula is C24H22N4O4S2. The van der Waals surface area contributed by atoms with Crippen LogP contribution in [0.3, 0.4) is 0 Å². The second kappa shape index (κ2) is 10.6. The van der Waals surface area contributed by atoms with Crippen molar-refractivity contribution in [2.45, 2.75) is 30.8 Å². The van der Waals surface area contributed by atoms with Gasteiger partial charge in [0.05, 0.1) is 29.3 Å². The van der Waals surface area contributed by atoms with Crippen molar-refractivity contribution in [2.75, 3.05) is 12.4 Å². The monoisotopic (exact) mass is 494 g/mol. The van der Waals surface area contributed by atoms with Gasteiger partial charge >= 0.3 is 5.97 Å². The Labute approximate surface area is 204 Å². The average molecular weight is 495 g/mol. The van der Waals surface area contributed by atoms with Crippen molar-refractivity contribution in [1.29, 1.82) is 0 Å². The van der Waals surface area contributed by atoms with Crippen molar-refractivity contribution in [3.05, 3.63) is 81.1 Å². The number of amides is 1. The van der Waals surface area contributed by atoms with Gasteiger partial charge in [0.1, 0.15) is 0 Å². The number of esters is 1. The molecule has 2 aromatic heterocycles. The van der Waals surface area contributed by atoms with E-state index in [0.717, 1.165) is 11.3 Å². The third-order valence-electron chi connectivity index (χ3n) is 4.99. The fourth-order valence-corrected chi connectivity index (χ4v) is 5.14. The highest BCUT2D eigenvalue weighted by molar-refractivity contribution is 7.98. The second-order valence-corrected chi connectivity index (χ2v) is 9.22. The predicted molar refractivity (Wildman–Crippen MR) is 133 cm³/mol. The number of nitrogens with one attached hydrogen (secondary N) is 1. The lowest BCUT2D eigenvalue weighted by Gasteiger charge is -2.13. The topological polar surface area (TPSA) is 103 Å². The number of thiazole rings is 1. The third kappa shape index (κ3) is 5.52. The summed E-state index contributed by atoms with van der Waals surface area (Å²) in [5.41, 5.74) is 2.48. The molecule has 34 heavy (non-hydrogen) atoms. The van der Waals surface area contributed by atoms with E-state index in [0.29, 0.717) is 45.5 Å². The van der Waals surface area contributed by atoms with Crippen LogP contribution in [0.1, 0.15) is 28.5 Å². The van der Waals surface area contributed by atoms with Crippen LogP contribution in [0.2, 0.25) is 0 Å². The van der Waals surface area contributed by atoms with Crippen LogP contribution in [0.15, 0.2) is 63.9 Å². The number of rotatable bonds is 8. The maximum Gasteiger partial charge on any atom is 0.337 e. The number of methoxy groups -OCH3 is 1. The SMILES string of the molecule is COC(=O)c1ccc2c(=O)n(CCc3ccccc3)c(SCc3csc(NC(C)=O)n3)nc2c1. The average Bonchev–Trinajstić information content (AvgIpc) is 3.28. The number of nitrogens with zero attached hydrogens (tertiary/aromatic N) is 3. The minimum absolute atomic E-state index is 0.169. The quantitative estimate of drug-likeness (QED) is 0.223. The van der Waals surface area contributed by atoms with Crippen molar-refractivity contribution in [2.24, 2.45) is 0 Å². The largest absolute Gasteiger partial charge is 0.465 e. The van der Waals surface area contributed by atoms with E-state index in [1.54, 1.807) is 22.8 Å².